The van der Waals surface area contributed by atoms with Crippen LogP contribution in [0.3, 0.4) is 0 Å². The smallest absolute Gasteiger partial charge is 0.161 e. The van der Waals surface area contributed by atoms with Gasteiger partial charge in [-0.3, -0.25) is 4.79 Å². The minimum Gasteiger partial charge on any atom is -0.398 e. The predicted octanol–water partition coefficient (Wildman–Crippen LogP) is 2.45. The normalized spacial score (nSPS) is 9.20. The van der Waals surface area contributed by atoms with Crippen LogP contribution in [0, 0.1) is 11.8 Å². The number of ketones is 1. The minimum atomic E-state index is -0.0477. The monoisotopic (exact) mass is 221 g/mol. The average molecular weight is 222 g/mol. The van der Waals surface area contributed by atoms with Crippen LogP contribution in [-0.2, 0) is 0 Å². The van der Waals surface area contributed by atoms with Crippen LogP contribution >= 0.6 is 11.6 Å². The molecular formula is C12H12ClNO. The maximum absolute atomic E-state index is 11.2. The first kappa shape index (κ1) is 11.6. The van der Waals surface area contributed by atoms with Crippen molar-refractivity contribution in [1.29, 1.82) is 0 Å². The highest BCUT2D eigenvalue weighted by Crippen LogP contribution is 2.14. The Hall–Kier alpha value is -1.46. The summed E-state index contributed by atoms with van der Waals surface area (Å²) in [5, 5.41) is 0. The molecule has 2 nitrogen and oxygen atoms in total. The third kappa shape index (κ3) is 3.30. The van der Waals surface area contributed by atoms with E-state index < -0.39 is 0 Å². The molecule has 15 heavy (non-hydrogen) atoms. The highest BCUT2D eigenvalue weighted by Gasteiger charge is 2.04. The van der Waals surface area contributed by atoms with Crippen LogP contribution in [0.15, 0.2) is 18.2 Å². The van der Waals surface area contributed by atoms with Gasteiger partial charge in [0.1, 0.15) is 0 Å². The van der Waals surface area contributed by atoms with Gasteiger partial charge in [0.15, 0.2) is 5.78 Å². The van der Waals surface area contributed by atoms with Gasteiger partial charge in [-0.2, -0.15) is 0 Å². The van der Waals surface area contributed by atoms with Gasteiger partial charge in [0.2, 0.25) is 0 Å². The molecule has 0 saturated carbocycles. The van der Waals surface area contributed by atoms with E-state index in [1.807, 2.05) is 0 Å². The summed E-state index contributed by atoms with van der Waals surface area (Å²) in [5.74, 6) is 6.30. The van der Waals surface area contributed by atoms with Crippen LogP contribution in [0.25, 0.3) is 0 Å². The zero-order valence-electron chi connectivity index (χ0n) is 8.51. The number of hydrogen-bond acceptors (Lipinski definition) is 2. The van der Waals surface area contributed by atoms with Crippen molar-refractivity contribution in [3.8, 4) is 11.8 Å². The van der Waals surface area contributed by atoms with Gasteiger partial charge in [-0.25, -0.2) is 0 Å². The van der Waals surface area contributed by atoms with E-state index in [1.54, 1.807) is 18.2 Å². The maximum Gasteiger partial charge on any atom is 0.161 e. The van der Waals surface area contributed by atoms with Crippen LogP contribution in [0.1, 0.15) is 29.3 Å². The number of rotatable bonds is 2. The molecule has 0 aromatic heterocycles. The van der Waals surface area contributed by atoms with Gasteiger partial charge < -0.3 is 5.73 Å². The predicted molar refractivity (Wildman–Crippen MR) is 63.1 cm³/mol. The fraction of sp³-hybridized carbons (Fsp3) is 0.250. The van der Waals surface area contributed by atoms with E-state index >= 15 is 0 Å². The van der Waals surface area contributed by atoms with E-state index in [0.29, 0.717) is 23.6 Å². The molecule has 1 rings (SSSR count). The number of carbonyl (C=O) groups excluding carboxylic acids is 1. The minimum absolute atomic E-state index is 0.0477. The first-order chi connectivity index (χ1) is 7.15. The Bertz CT molecular complexity index is 429. The largest absolute Gasteiger partial charge is 0.398 e. The number of nitrogen functional groups attached to an aromatic ring is 1. The van der Waals surface area contributed by atoms with Gasteiger partial charge in [0, 0.05) is 29.1 Å². The summed E-state index contributed by atoms with van der Waals surface area (Å²) in [7, 11) is 0. The number of Topliss-reactive ketones (excluding diaryl/α,β-unsaturated/α-hetero) is 1. The van der Waals surface area contributed by atoms with E-state index in [4.69, 9.17) is 17.3 Å². The summed E-state index contributed by atoms with van der Waals surface area (Å²) >= 11 is 5.50. The lowest BCUT2D eigenvalue weighted by atomic mass is 10.1. The number of carbonyl (C=O) groups is 1. The lowest BCUT2D eigenvalue weighted by Gasteiger charge is -2.01. The molecule has 1 aromatic rings. The molecular weight excluding hydrogens is 210 g/mol. The Morgan fingerprint density at radius 2 is 2.27 bits per heavy atom. The molecule has 0 aliphatic heterocycles. The van der Waals surface area contributed by atoms with E-state index in [-0.39, 0.29) is 5.78 Å². The molecule has 0 bridgehead atoms. The van der Waals surface area contributed by atoms with Crippen LogP contribution in [-0.4, -0.2) is 11.7 Å². The highest BCUT2D eigenvalue weighted by molar-refractivity contribution is 6.18. The third-order valence-electron chi connectivity index (χ3n) is 1.88. The SMILES string of the molecule is CC(=O)c1cc(C#CCCCl)ccc1N. The quantitative estimate of drug-likeness (QED) is 0.361. The number of anilines is 1. The lowest BCUT2D eigenvalue weighted by Crippen LogP contribution is -1.99. The van der Waals surface area contributed by atoms with Gasteiger partial charge >= 0.3 is 0 Å². The molecule has 0 unspecified atom stereocenters. The Labute approximate surface area is 94.4 Å². The number of alkyl halides is 1. The highest BCUT2D eigenvalue weighted by atomic mass is 35.5. The van der Waals surface area contributed by atoms with Crippen molar-refractivity contribution < 1.29 is 4.79 Å². The van der Waals surface area contributed by atoms with Crippen molar-refractivity contribution in [2.24, 2.45) is 0 Å². The fourth-order valence-corrected chi connectivity index (χ4v) is 1.25. The number of hydrogen-bond donors (Lipinski definition) is 1. The van der Waals surface area contributed by atoms with Gasteiger partial charge in [-0.15, -0.1) is 11.6 Å². The van der Waals surface area contributed by atoms with E-state index in [1.165, 1.54) is 6.92 Å². The van der Waals surface area contributed by atoms with Gasteiger partial charge in [0.25, 0.3) is 0 Å². The Morgan fingerprint density at radius 3 is 2.87 bits per heavy atom. The van der Waals surface area contributed by atoms with Crippen molar-refractivity contribution in [2.75, 3.05) is 11.6 Å². The number of benzene rings is 1. The fourth-order valence-electron chi connectivity index (χ4n) is 1.15. The zero-order chi connectivity index (χ0) is 11.3. The summed E-state index contributed by atoms with van der Waals surface area (Å²) in [5.41, 5.74) is 7.46. The van der Waals surface area contributed by atoms with Crippen LogP contribution in [0.5, 0.6) is 0 Å². The zero-order valence-corrected chi connectivity index (χ0v) is 9.27. The number of halogens is 1. The maximum atomic E-state index is 11.2. The molecule has 2 N–H and O–H groups in total. The molecule has 0 saturated heterocycles. The second kappa shape index (κ2) is 5.43. The standard InChI is InChI=1S/C12H12ClNO/c1-9(15)11-8-10(4-2-3-7-13)5-6-12(11)14/h5-6,8H,3,7,14H2,1H3. The molecule has 0 radical (unpaired) electrons. The molecule has 3 heteroatoms. The van der Waals surface area contributed by atoms with Crippen LogP contribution in [0.2, 0.25) is 0 Å². The molecule has 0 aliphatic carbocycles. The lowest BCUT2D eigenvalue weighted by molar-refractivity contribution is 0.101. The molecule has 0 spiro atoms. The molecule has 0 atom stereocenters. The topological polar surface area (TPSA) is 43.1 Å². The van der Waals surface area contributed by atoms with Gasteiger partial charge in [-0.05, 0) is 25.1 Å². The van der Waals surface area contributed by atoms with E-state index in [2.05, 4.69) is 11.8 Å². The molecule has 78 valence electrons. The average Bonchev–Trinajstić information content (AvgIpc) is 2.20. The molecule has 0 aliphatic rings. The second-order valence-corrected chi connectivity index (χ2v) is 3.48. The summed E-state index contributed by atoms with van der Waals surface area (Å²) in [6.45, 7) is 1.49. The molecule has 0 amide bonds. The molecule has 0 fully saturated rings. The van der Waals surface area contributed by atoms with Crippen molar-refractivity contribution >= 4 is 23.1 Å². The van der Waals surface area contributed by atoms with Crippen molar-refractivity contribution in [3.63, 3.8) is 0 Å². The first-order valence-electron chi connectivity index (χ1n) is 4.60. The van der Waals surface area contributed by atoms with Crippen LogP contribution < -0.4 is 5.73 Å². The summed E-state index contributed by atoms with van der Waals surface area (Å²) in [6.07, 6.45) is 0.640. The van der Waals surface area contributed by atoms with E-state index in [9.17, 15) is 4.79 Å². The summed E-state index contributed by atoms with van der Waals surface area (Å²) < 4.78 is 0. The Balaban J connectivity index is 2.99. The molecule has 0 heterocycles. The molecule has 1 aromatic carbocycles. The van der Waals surface area contributed by atoms with Crippen molar-refractivity contribution in [2.45, 2.75) is 13.3 Å². The van der Waals surface area contributed by atoms with Crippen LogP contribution in [0.4, 0.5) is 5.69 Å². The summed E-state index contributed by atoms with van der Waals surface area (Å²) in [6, 6.07) is 5.20. The third-order valence-corrected chi connectivity index (χ3v) is 2.07. The van der Waals surface area contributed by atoms with E-state index in [0.717, 1.165) is 5.56 Å². The summed E-state index contributed by atoms with van der Waals surface area (Å²) in [4.78, 5) is 11.2. The first-order valence-corrected chi connectivity index (χ1v) is 5.14. The second-order valence-electron chi connectivity index (χ2n) is 3.10. The van der Waals surface area contributed by atoms with Gasteiger partial charge in [-0.1, -0.05) is 11.8 Å². The van der Waals surface area contributed by atoms with Crippen molar-refractivity contribution in [1.82, 2.24) is 0 Å². The Morgan fingerprint density at radius 1 is 1.53 bits per heavy atom. The Kier molecular flexibility index (Phi) is 4.20. The number of nitrogens with two attached hydrogens (primary N) is 1. The van der Waals surface area contributed by atoms with Crippen molar-refractivity contribution in [3.05, 3.63) is 29.3 Å². The van der Waals surface area contributed by atoms with Gasteiger partial charge in [0.05, 0.1) is 0 Å².